The van der Waals surface area contributed by atoms with Gasteiger partial charge in [0, 0.05) is 16.5 Å². The van der Waals surface area contributed by atoms with Crippen molar-refractivity contribution in [2.45, 2.75) is 12.5 Å². The van der Waals surface area contributed by atoms with Crippen LogP contribution in [0.3, 0.4) is 0 Å². The first-order chi connectivity index (χ1) is 9.06. The van der Waals surface area contributed by atoms with E-state index < -0.39 is 17.8 Å². The van der Waals surface area contributed by atoms with Crippen LogP contribution < -0.4 is 5.32 Å². The minimum absolute atomic E-state index is 0.0509. The molecule has 0 aliphatic heterocycles. The van der Waals surface area contributed by atoms with Gasteiger partial charge in [-0.2, -0.15) is 0 Å². The minimum atomic E-state index is -1.11. The molecule has 0 aliphatic carbocycles. The Kier molecular flexibility index (Phi) is 6.08. The van der Waals surface area contributed by atoms with Crippen LogP contribution in [0.15, 0.2) is 23.3 Å². The first-order valence-electron chi connectivity index (χ1n) is 5.48. The molecule has 0 aromatic heterocycles. The van der Waals surface area contributed by atoms with E-state index in [1.807, 2.05) is 0 Å². The second-order valence-electron chi connectivity index (χ2n) is 3.70. The van der Waals surface area contributed by atoms with Crippen LogP contribution in [0.1, 0.15) is 18.0 Å². The largest absolute Gasteiger partial charge is 0.480 e. The highest BCUT2D eigenvalue weighted by molar-refractivity contribution is 6.31. The molecule has 2 N–H and O–H groups in total. The highest BCUT2D eigenvalue weighted by Crippen LogP contribution is 2.24. The summed E-state index contributed by atoms with van der Waals surface area (Å²) in [7, 11) is 0. The third-order valence-electron chi connectivity index (χ3n) is 2.37. The number of halogens is 2. The fourth-order valence-corrected chi connectivity index (χ4v) is 1.78. The third kappa shape index (κ3) is 4.75. The van der Waals surface area contributed by atoms with Gasteiger partial charge in [0.15, 0.2) is 0 Å². The summed E-state index contributed by atoms with van der Waals surface area (Å²) in [5.41, 5.74) is 8.39. The van der Waals surface area contributed by atoms with Crippen molar-refractivity contribution in [1.29, 1.82) is 0 Å². The monoisotopic (exact) mass is 286 g/mol. The number of carboxylic acid groups (broad SMARTS) is 1. The molecule has 0 saturated carbocycles. The smallest absolute Gasteiger partial charge is 0.325 e. The highest BCUT2D eigenvalue weighted by atomic mass is 35.5. The SMILES string of the molecule is [N-]=[N+]=NCCCNC(C(=O)O)c1ccc(F)cc1Cl. The van der Waals surface area contributed by atoms with Crippen LogP contribution in [-0.2, 0) is 4.79 Å². The van der Waals surface area contributed by atoms with Gasteiger partial charge < -0.3 is 10.4 Å². The second kappa shape index (κ2) is 7.58. The Morgan fingerprint density at radius 3 is 2.95 bits per heavy atom. The summed E-state index contributed by atoms with van der Waals surface area (Å²) >= 11 is 5.82. The van der Waals surface area contributed by atoms with Gasteiger partial charge in [0.05, 0.1) is 0 Å². The van der Waals surface area contributed by atoms with Crippen molar-refractivity contribution >= 4 is 17.6 Å². The topological polar surface area (TPSA) is 98.1 Å². The molecule has 19 heavy (non-hydrogen) atoms. The van der Waals surface area contributed by atoms with E-state index in [9.17, 15) is 9.18 Å². The normalized spacial score (nSPS) is 11.7. The van der Waals surface area contributed by atoms with Crippen LogP contribution >= 0.6 is 11.6 Å². The molecule has 1 aromatic carbocycles. The third-order valence-corrected chi connectivity index (χ3v) is 2.69. The number of azide groups is 1. The average molecular weight is 287 g/mol. The van der Waals surface area contributed by atoms with Crippen LogP contribution in [-0.4, -0.2) is 24.2 Å². The van der Waals surface area contributed by atoms with Crippen molar-refractivity contribution in [3.05, 3.63) is 45.0 Å². The van der Waals surface area contributed by atoms with E-state index in [0.717, 1.165) is 12.1 Å². The average Bonchev–Trinajstić information content (AvgIpc) is 2.35. The fourth-order valence-electron chi connectivity index (χ4n) is 1.51. The molecule has 102 valence electrons. The van der Waals surface area contributed by atoms with E-state index in [0.29, 0.717) is 18.5 Å². The molecule has 1 atom stereocenters. The van der Waals surface area contributed by atoms with E-state index in [1.54, 1.807) is 0 Å². The Labute approximate surface area is 113 Å². The summed E-state index contributed by atoms with van der Waals surface area (Å²) in [6.07, 6.45) is 0.493. The predicted octanol–water partition coefficient (Wildman–Crippen LogP) is 2.89. The van der Waals surface area contributed by atoms with E-state index >= 15 is 0 Å². The number of rotatable bonds is 7. The van der Waals surface area contributed by atoms with Gasteiger partial charge in [-0.3, -0.25) is 4.79 Å². The molecule has 0 radical (unpaired) electrons. The van der Waals surface area contributed by atoms with Crippen LogP contribution in [0.5, 0.6) is 0 Å². The maximum atomic E-state index is 12.9. The molecule has 0 aliphatic rings. The first-order valence-corrected chi connectivity index (χ1v) is 5.86. The molecule has 0 spiro atoms. The predicted molar refractivity (Wildman–Crippen MR) is 68.4 cm³/mol. The minimum Gasteiger partial charge on any atom is -0.480 e. The lowest BCUT2D eigenvalue weighted by molar-refractivity contribution is -0.139. The number of nitrogens with one attached hydrogen (secondary N) is 1. The number of carboxylic acids is 1. The molecule has 1 aromatic rings. The summed E-state index contributed by atoms with van der Waals surface area (Å²) in [4.78, 5) is 13.7. The zero-order chi connectivity index (χ0) is 14.3. The molecule has 1 rings (SSSR count). The van der Waals surface area contributed by atoms with Gasteiger partial charge in [-0.1, -0.05) is 22.8 Å². The van der Waals surface area contributed by atoms with Gasteiger partial charge in [0.25, 0.3) is 0 Å². The summed E-state index contributed by atoms with van der Waals surface area (Å²) in [5.74, 6) is -1.64. The van der Waals surface area contributed by atoms with E-state index in [4.69, 9.17) is 22.2 Å². The molecule has 1 unspecified atom stereocenters. The van der Waals surface area contributed by atoms with Gasteiger partial charge in [-0.25, -0.2) is 4.39 Å². The lowest BCUT2D eigenvalue weighted by Crippen LogP contribution is -2.29. The van der Waals surface area contributed by atoms with Gasteiger partial charge in [-0.15, -0.1) is 0 Å². The molecule has 0 amide bonds. The summed E-state index contributed by atoms with van der Waals surface area (Å²) < 4.78 is 12.9. The molecular formula is C11H12ClFN4O2. The van der Waals surface area contributed by atoms with Crippen molar-refractivity contribution in [2.75, 3.05) is 13.1 Å². The Morgan fingerprint density at radius 2 is 2.37 bits per heavy atom. The van der Waals surface area contributed by atoms with E-state index in [-0.39, 0.29) is 11.6 Å². The number of hydrogen-bond acceptors (Lipinski definition) is 3. The summed E-state index contributed by atoms with van der Waals surface area (Å²) in [5, 5.41) is 15.3. The van der Waals surface area contributed by atoms with Gasteiger partial charge in [0.2, 0.25) is 0 Å². The Hall–Kier alpha value is -1.82. The van der Waals surface area contributed by atoms with Crippen LogP contribution in [0, 0.1) is 5.82 Å². The van der Waals surface area contributed by atoms with Crippen molar-refractivity contribution < 1.29 is 14.3 Å². The number of benzene rings is 1. The quantitative estimate of drug-likeness (QED) is 0.349. The number of carbonyl (C=O) groups is 1. The lowest BCUT2D eigenvalue weighted by atomic mass is 10.1. The molecule has 8 heteroatoms. The maximum absolute atomic E-state index is 12.9. The van der Waals surface area contributed by atoms with Crippen molar-refractivity contribution in [3.63, 3.8) is 0 Å². The molecular weight excluding hydrogens is 275 g/mol. The number of hydrogen-bond donors (Lipinski definition) is 2. The molecule has 0 bridgehead atoms. The molecule has 6 nitrogen and oxygen atoms in total. The zero-order valence-corrected chi connectivity index (χ0v) is 10.6. The molecule has 0 heterocycles. The number of nitrogens with zero attached hydrogens (tertiary/aromatic N) is 3. The Bertz CT molecular complexity index is 505. The van der Waals surface area contributed by atoms with Crippen molar-refractivity contribution in [3.8, 4) is 0 Å². The zero-order valence-electron chi connectivity index (χ0n) is 9.88. The Balaban J connectivity index is 2.71. The fraction of sp³-hybridized carbons (Fsp3) is 0.364. The second-order valence-corrected chi connectivity index (χ2v) is 4.11. The van der Waals surface area contributed by atoms with Gasteiger partial charge >= 0.3 is 5.97 Å². The van der Waals surface area contributed by atoms with Crippen LogP contribution in [0.25, 0.3) is 10.4 Å². The van der Waals surface area contributed by atoms with Crippen LogP contribution in [0.4, 0.5) is 4.39 Å². The van der Waals surface area contributed by atoms with Crippen LogP contribution in [0.2, 0.25) is 5.02 Å². The molecule has 0 fully saturated rings. The highest BCUT2D eigenvalue weighted by Gasteiger charge is 2.21. The van der Waals surface area contributed by atoms with Crippen molar-refractivity contribution in [2.24, 2.45) is 5.11 Å². The Morgan fingerprint density at radius 1 is 1.63 bits per heavy atom. The van der Waals surface area contributed by atoms with E-state index in [1.165, 1.54) is 6.07 Å². The van der Waals surface area contributed by atoms with E-state index in [2.05, 4.69) is 15.3 Å². The van der Waals surface area contributed by atoms with Gasteiger partial charge in [0.1, 0.15) is 11.9 Å². The maximum Gasteiger partial charge on any atom is 0.325 e. The number of aliphatic carboxylic acids is 1. The van der Waals surface area contributed by atoms with Crippen molar-refractivity contribution in [1.82, 2.24) is 5.32 Å². The summed E-state index contributed by atoms with van der Waals surface area (Å²) in [6, 6.07) is 2.52. The first kappa shape index (κ1) is 15.2. The standard InChI is InChI=1S/C11H12ClFN4O2/c12-9-6-7(13)2-3-8(9)10(11(18)19)15-4-1-5-16-17-14/h2-3,6,10,15H,1,4-5H2,(H,18,19). The van der Waals surface area contributed by atoms with Gasteiger partial charge in [-0.05, 0) is 36.2 Å². The lowest BCUT2D eigenvalue weighted by Gasteiger charge is -2.15. The molecule has 0 saturated heterocycles. The summed E-state index contributed by atoms with van der Waals surface area (Å²) in [6.45, 7) is 0.608.